The second kappa shape index (κ2) is 8.39. The maximum absolute atomic E-state index is 5.94. The van der Waals surface area contributed by atoms with Crippen molar-refractivity contribution in [1.82, 2.24) is 9.97 Å². The fourth-order valence-electron chi connectivity index (χ4n) is 1.42. The van der Waals surface area contributed by atoms with Crippen LogP contribution in [0.15, 0.2) is 6.07 Å². The van der Waals surface area contributed by atoms with E-state index in [9.17, 15) is 0 Å². The maximum Gasteiger partial charge on any atom is 0.133 e. The Morgan fingerprint density at radius 1 is 1.18 bits per heavy atom. The van der Waals surface area contributed by atoms with E-state index in [1.807, 2.05) is 6.07 Å². The van der Waals surface area contributed by atoms with Gasteiger partial charge in [0.1, 0.15) is 11.0 Å². The molecule has 17 heavy (non-hydrogen) atoms. The molecule has 0 aliphatic rings. The molecule has 0 saturated heterocycles. The minimum Gasteiger partial charge on any atom is -0.382 e. The quantitative estimate of drug-likeness (QED) is 0.530. The van der Waals surface area contributed by atoms with Crippen molar-refractivity contribution in [2.75, 3.05) is 26.9 Å². The van der Waals surface area contributed by atoms with Gasteiger partial charge < -0.3 is 9.47 Å². The molecule has 0 saturated carbocycles. The summed E-state index contributed by atoms with van der Waals surface area (Å²) in [6.07, 6.45) is 2.66. The van der Waals surface area contributed by atoms with Crippen LogP contribution in [0.3, 0.4) is 0 Å². The maximum atomic E-state index is 5.94. The summed E-state index contributed by atoms with van der Waals surface area (Å²) in [6, 6.07) is 1.82. The lowest BCUT2D eigenvalue weighted by Gasteiger charge is -2.05. The van der Waals surface area contributed by atoms with Crippen LogP contribution in [0.4, 0.5) is 0 Å². The van der Waals surface area contributed by atoms with Gasteiger partial charge in [-0.15, -0.1) is 0 Å². The van der Waals surface area contributed by atoms with Gasteiger partial charge >= 0.3 is 0 Å². The molecule has 1 heterocycles. The summed E-state index contributed by atoms with van der Waals surface area (Å²) in [6.45, 7) is 3.91. The summed E-state index contributed by atoms with van der Waals surface area (Å²) < 4.78 is 10.3. The van der Waals surface area contributed by atoms with Gasteiger partial charge in [0.15, 0.2) is 0 Å². The first-order valence-corrected chi connectivity index (χ1v) is 6.23. The third-order valence-corrected chi connectivity index (χ3v) is 2.40. The fourth-order valence-corrected chi connectivity index (χ4v) is 1.64. The molecule has 0 aliphatic carbocycles. The lowest BCUT2D eigenvalue weighted by molar-refractivity contribution is 0.0716. The van der Waals surface area contributed by atoms with Crippen molar-refractivity contribution < 1.29 is 9.47 Å². The average molecular weight is 259 g/mol. The summed E-state index contributed by atoms with van der Waals surface area (Å²) in [5.74, 6) is 0.748. The van der Waals surface area contributed by atoms with E-state index in [0.717, 1.165) is 24.4 Å². The predicted molar refractivity (Wildman–Crippen MR) is 67.4 cm³/mol. The number of hydrogen-bond acceptors (Lipinski definition) is 4. The number of methoxy groups -OCH3 is 1. The zero-order valence-electron chi connectivity index (χ0n) is 10.4. The molecule has 0 bridgehead atoms. The summed E-state index contributed by atoms with van der Waals surface area (Å²) in [7, 11) is 1.65. The summed E-state index contributed by atoms with van der Waals surface area (Å²) in [4.78, 5) is 8.61. The Morgan fingerprint density at radius 2 is 2.00 bits per heavy atom. The second-order valence-corrected chi connectivity index (χ2v) is 4.09. The van der Waals surface area contributed by atoms with Crippen LogP contribution < -0.4 is 0 Å². The summed E-state index contributed by atoms with van der Waals surface area (Å²) in [5, 5.41) is 0.510. The fraction of sp³-hybridized carbons (Fsp3) is 0.667. The first kappa shape index (κ1) is 14.4. The highest BCUT2D eigenvalue weighted by molar-refractivity contribution is 6.29. The van der Waals surface area contributed by atoms with Crippen LogP contribution in [-0.4, -0.2) is 36.9 Å². The largest absolute Gasteiger partial charge is 0.382 e. The van der Waals surface area contributed by atoms with Crippen molar-refractivity contribution in [3.63, 3.8) is 0 Å². The standard InChI is InChI=1S/C12H19ClN2O2/c1-3-4-10-9-11(13)15-12(14-10)5-6-17-8-7-16-2/h9H,3-8H2,1-2H3. The molecule has 1 aromatic heterocycles. The Balaban J connectivity index is 2.41. The predicted octanol–water partition coefficient (Wildman–Crippen LogP) is 2.29. The molecular formula is C12H19ClN2O2. The minimum absolute atomic E-state index is 0.510. The molecule has 1 rings (SSSR count). The molecule has 1 aromatic rings. The van der Waals surface area contributed by atoms with Gasteiger partial charge in [0.2, 0.25) is 0 Å². The summed E-state index contributed by atoms with van der Waals surface area (Å²) in [5.41, 5.74) is 0.999. The number of aromatic nitrogens is 2. The van der Waals surface area contributed by atoms with Gasteiger partial charge in [-0.25, -0.2) is 9.97 Å². The monoisotopic (exact) mass is 258 g/mol. The van der Waals surface area contributed by atoms with E-state index in [1.165, 1.54) is 0 Å². The van der Waals surface area contributed by atoms with Gasteiger partial charge in [0, 0.05) is 19.2 Å². The van der Waals surface area contributed by atoms with Gasteiger partial charge in [-0.3, -0.25) is 0 Å². The van der Waals surface area contributed by atoms with Gasteiger partial charge in [0.05, 0.1) is 19.8 Å². The number of aryl methyl sites for hydroxylation is 1. The van der Waals surface area contributed by atoms with E-state index >= 15 is 0 Å². The molecule has 0 aliphatic heterocycles. The van der Waals surface area contributed by atoms with E-state index in [4.69, 9.17) is 21.1 Å². The van der Waals surface area contributed by atoms with Crippen molar-refractivity contribution >= 4 is 11.6 Å². The van der Waals surface area contributed by atoms with Gasteiger partial charge in [-0.1, -0.05) is 24.9 Å². The average Bonchev–Trinajstić information content (AvgIpc) is 2.28. The molecule has 0 spiro atoms. The molecule has 4 nitrogen and oxygen atoms in total. The molecule has 0 fully saturated rings. The highest BCUT2D eigenvalue weighted by Gasteiger charge is 2.03. The lowest BCUT2D eigenvalue weighted by atomic mass is 10.2. The Hall–Kier alpha value is -0.710. The third kappa shape index (κ3) is 5.96. The minimum atomic E-state index is 0.510. The van der Waals surface area contributed by atoms with E-state index < -0.39 is 0 Å². The number of nitrogens with zero attached hydrogens (tertiary/aromatic N) is 2. The molecule has 0 radical (unpaired) electrons. The zero-order chi connectivity index (χ0) is 12.5. The van der Waals surface area contributed by atoms with Crippen LogP contribution in [0, 0.1) is 0 Å². The van der Waals surface area contributed by atoms with Crippen molar-refractivity contribution in [2.24, 2.45) is 0 Å². The smallest absolute Gasteiger partial charge is 0.133 e. The molecule has 0 unspecified atom stereocenters. The Morgan fingerprint density at radius 3 is 2.71 bits per heavy atom. The molecule has 0 amide bonds. The molecule has 96 valence electrons. The van der Waals surface area contributed by atoms with Crippen molar-refractivity contribution in [3.05, 3.63) is 22.7 Å². The zero-order valence-corrected chi connectivity index (χ0v) is 11.2. The Bertz CT molecular complexity index is 334. The van der Waals surface area contributed by atoms with Crippen LogP contribution in [0.2, 0.25) is 5.15 Å². The number of hydrogen-bond donors (Lipinski definition) is 0. The highest BCUT2D eigenvalue weighted by Crippen LogP contribution is 2.09. The van der Waals surface area contributed by atoms with Crippen LogP contribution in [0.1, 0.15) is 24.9 Å². The van der Waals surface area contributed by atoms with Crippen molar-refractivity contribution in [2.45, 2.75) is 26.2 Å². The highest BCUT2D eigenvalue weighted by atomic mass is 35.5. The molecule has 0 N–H and O–H groups in total. The van der Waals surface area contributed by atoms with Crippen LogP contribution >= 0.6 is 11.6 Å². The topological polar surface area (TPSA) is 44.2 Å². The van der Waals surface area contributed by atoms with Crippen LogP contribution in [0.5, 0.6) is 0 Å². The first-order valence-electron chi connectivity index (χ1n) is 5.85. The number of ether oxygens (including phenoxy) is 2. The molecule has 0 atom stereocenters. The van der Waals surface area contributed by atoms with Gasteiger partial charge in [-0.05, 0) is 12.5 Å². The molecule has 5 heteroatoms. The molecular weight excluding hydrogens is 240 g/mol. The summed E-state index contributed by atoms with van der Waals surface area (Å²) >= 11 is 5.94. The number of halogens is 1. The lowest BCUT2D eigenvalue weighted by Crippen LogP contribution is -2.08. The Kier molecular flexibility index (Phi) is 7.08. The van der Waals surface area contributed by atoms with Gasteiger partial charge in [0.25, 0.3) is 0 Å². The van der Waals surface area contributed by atoms with Crippen molar-refractivity contribution in [3.8, 4) is 0 Å². The van der Waals surface area contributed by atoms with Crippen molar-refractivity contribution in [1.29, 1.82) is 0 Å². The molecule has 0 aromatic carbocycles. The first-order chi connectivity index (χ1) is 8.26. The van der Waals surface area contributed by atoms with Crippen LogP contribution in [0.25, 0.3) is 0 Å². The SMILES string of the molecule is CCCc1cc(Cl)nc(CCOCCOC)n1. The van der Waals surface area contributed by atoms with E-state index in [-0.39, 0.29) is 0 Å². The second-order valence-electron chi connectivity index (χ2n) is 3.70. The Labute approximate surface area is 107 Å². The normalized spacial score (nSPS) is 10.8. The van der Waals surface area contributed by atoms with Gasteiger partial charge in [-0.2, -0.15) is 0 Å². The van der Waals surface area contributed by atoms with E-state index in [0.29, 0.717) is 31.4 Å². The number of rotatable bonds is 8. The van der Waals surface area contributed by atoms with E-state index in [2.05, 4.69) is 16.9 Å². The van der Waals surface area contributed by atoms with Crippen LogP contribution in [-0.2, 0) is 22.3 Å². The van der Waals surface area contributed by atoms with E-state index in [1.54, 1.807) is 7.11 Å². The third-order valence-electron chi connectivity index (χ3n) is 2.20.